The minimum atomic E-state index is -3.23. The summed E-state index contributed by atoms with van der Waals surface area (Å²) in [6.07, 6.45) is 4.63. The third-order valence-electron chi connectivity index (χ3n) is 4.11. The molecule has 26 heavy (non-hydrogen) atoms. The Hall–Kier alpha value is -2.93. The van der Waals surface area contributed by atoms with E-state index in [1.165, 1.54) is 6.26 Å². The number of nitrogens with zero attached hydrogens (tertiary/aromatic N) is 1. The summed E-state index contributed by atoms with van der Waals surface area (Å²) in [5, 5.41) is 9.60. The standard InChI is InChI=1S/C19H19N3O3S/c1-13(14-6-8-18(9-7-14)26(2,24)25)22-19(23)16-5-3-4-15(10-16)17-11-20-21-12-17/h3-13H,1-2H3,(H,20,21)(H,22,23)/t13-/m1/s1. The second kappa shape index (κ2) is 7.13. The average molecular weight is 369 g/mol. The average Bonchev–Trinajstić information content (AvgIpc) is 3.16. The van der Waals surface area contributed by atoms with Crippen molar-refractivity contribution in [3.05, 3.63) is 72.1 Å². The maximum atomic E-state index is 12.5. The van der Waals surface area contributed by atoms with Crippen LogP contribution in [0.2, 0.25) is 0 Å². The highest BCUT2D eigenvalue weighted by atomic mass is 32.2. The molecule has 1 aromatic heterocycles. The number of sulfone groups is 1. The van der Waals surface area contributed by atoms with E-state index in [1.54, 1.807) is 48.8 Å². The quantitative estimate of drug-likeness (QED) is 0.723. The molecular weight excluding hydrogens is 350 g/mol. The molecule has 0 saturated heterocycles. The molecule has 2 N–H and O–H groups in total. The number of aromatic nitrogens is 2. The normalized spacial score (nSPS) is 12.5. The van der Waals surface area contributed by atoms with Crippen LogP contribution in [0.4, 0.5) is 0 Å². The maximum Gasteiger partial charge on any atom is 0.251 e. The van der Waals surface area contributed by atoms with Gasteiger partial charge in [-0.2, -0.15) is 5.10 Å². The fourth-order valence-corrected chi connectivity index (χ4v) is 3.25. The van der Waals surface area contributed by atoms with Crippen molar-refractivity contribution < 1.29 is 13.2 Å². The van der Waals surface area contributed by atoms with Crippen LogP contribution < -0.4 is 5.32 Å². The van der Waals surface area contributed by atoms with Crippen LogP contribution in [0.25, 0.3) is 11.1 Å². The highest BCUT2D eigenvalue weighted by Gasteiger charge is 2.14. The summed E-state index contributed by atoms with van der Waals surface area (Å²) in [5.41, 5.74) is 3.18. The lowest BCUT2D eigenvalue weighted by atomic mass is 10.0. The zero-order valence-corrected chi connectivity index (χ0v) is 15.2. The molecule has 0 aliphatic heterocycles. The van der Waals surface area contributed by atoms with Crippen LogP contribution in [-0.4, -0.2) is 30.8 Å². The van der Waals surface area contributed by atoms with Gasteiger partial charge in [0.25, 0.3) is 5.91 Å². The fourth-order valence-electron chi connectivity index (χ4n) is 2.62. The number of rotatable bonds is 5. The number of hydrogen-bond acceptors (Lipinski definition) is 4. The Morgan fingerprint density at radius 3 is 2.46 bits per heavy atom. The molecule has 0 radical (unpaired) electrons. The highest BCUT2D eigenvalue weighted by molar-refractivity contribution is 7.90. The van der Waals surface area contributed by atoms with Crippen LogP contribution >= 0.6 is 0 Å². The van der Waals surface area contributed by atoms with Gasteiger partial charge in [-0.05, 0) is 42.3 Å². The van der Waals surface area contributed by atoms with Crippen molar-refractivity contribution in [2.24, 2.45) is 0 Å². The molecular formula is C19H19N3O3S. The molecule has 7 heteroatoms. The first-order valence-corrected chi connectivity index (χ1v) is 9.94. The van der Waals surface area contributed by atoms with Crippen LogP contribution in [0.15, 0.2) is 65.8 Å². The number of amides is 1. The monoisotopic (exact) mass is 369 g/mol. The molecule has 6 nitrogen and oxygen atoms in total. The van der Waals surface area contributed by atoms with Crippen molar-refractivity contribution >= 4 is 15.7 Å². The number of nitrogens with one attached hydrogen (secondary N) is 2. The second-order valence-corrected chi connectivity index (χ2v) is 8.12. The van der Waals surface area contributed by atoms with Gasteiger partial charge in [0.15, 0.2) is 9.84 Å². The summed E-state index contributed by atoms with van der Waals surface area (Å²) in [4.78, 5) is 12.8. The summed E-state index contributed by atoms with van der Waals surface area (Å²) in [6.45, 7) is 1.85. The molecule has 1 amide bonds. The Labute approximate surface area is 152 Å². The molecule has 0 bridgehead atoms. The topological polar surface area (TPSA) is 91.9 Å². The summed E-state index contributed by atoms with van der Waals surface area (Å²) in [7, 11) is -3.23. The predicted octanol–water partition coefficient (Wildman–Crippen LogP) is 2.97. The fraction of sp³-hybridized carbons (Fsp3) is 0.158. The van der Waals surface area contributed by atoms with Gasteiger partial charge in [-0.15, -0.1) is 0 Å². The molecule has 3 aromatic rings. The predicted molar refractivity (Wildman–Crippen MR) is 99.5 cm³/mol. The minimum absolute atomic E-state index is 0.199. The number of hydrogen-bond donors (Lipinski definition) is 2. The lowest BCUT2D eigenvalue weighted by Crippen LogP contribution is -2.26. The summed E-state index contributed by atoms with van der Waals surface area (Å²) in [5.74, 6) is -0.199. The number of aromatic amines is 1. The van der Waals surface area contributed by atoms with Gasteiger partial charge in [0.05, 0.1) is 17.1 Å². The van der Waals surface area contributed by atoms with E-state index in [9.17, 15) is 13.2 Å². The van der Waals surface area contributed by atoms with E-state index >= 15 is 0 Å². The van der Waals surface area contributed by atoms with Gasteiger partial charge in [-0.3, -0.25) is 9.89 Å². The SMILES string of the molecule is C[C@@H](NC(=O)c1cccc(-c2cn[nH]c2)c1)c1ccc(S(C)(=O)=O)cc1. The first-order chi connectivity index (χ1) is 12.3. The number of H-pyrrole nitrogens is 1. The van der Waals surface area contributed by atoms with E-state index in [0.717, 1.165) is 16.7 Å². The van der Waals surface area contributed by atoms with Gasteiger partial charge in [0.1, 0.15) is 0 Å². The van der Waals surface area contributed by atoms with E-state index in [2.05, 4.69) is 15.5 Å². The zero-order chi connectivity index (χ0) is 18.7. The summed E-state index contributed by atoms with van der Waals surface area (Å²) in [6, 6.07) is 13.6. The lowest BCUT2D eigenvalue weighted by Gasteiger charge is -2.15. The van der Waals surface area contributed by atoms with Crippen LogP contribution in [0.3, 0.4) is 0 Å². The van der Waals surface area contributed by atoms with Crippen molar-refractivity contribution in [3.8, 4) is 11.1 Å². The Kier molecular flexibility index (Phi) is 4.90. The first kappa shape index (κ1) is 17.9. The van der Waals surface area contributed by atoms with Gasteiger partial charge in [-0.1, -0.05) is 24.3 Å². The molecule has 1 atom stereocenters. The first-order valence-electron chi connectivity index (χ1n) is 8.05. The van der Waals surface area contributed by atoms with E-state index < -0.39 is 9.84 Å². The Bertz CT molecular complexity index is 1010. The number of carbonyl (C=O) groups is 1. The zero-order valence-electron chi connectivity index (χ0n) is 14.4. The molecule has 0 saturated carbocycles. The van der Waals surface area contributed by atoms with Crippen molar-refractivity contribution in [2.45, 2.75) is 17.9 Å². The van der Waals surface area contributed by atoms with E-state index in [0.29, 0.717) is 5.56 Å². The van der Waals surface area contributed by atoms with Gasteiger partial charge in [0, 0.05) is 23.6 Å². The molecule has 134 valence electrons. The second-order valence-electron chi connectivity index (χ2n) is 6.10. The lowest BCUT2D eigenvalue weighted by molar-refractivity contribution is 0.0940. The molecule has 1 heterocycles. The van der Waals surface area contributed by atoms with Gasteiger partial charge in [-0.25, -0.2) is 8.42 Å². The number of benzene rings is 2. The van der Waals surface area contributed by atoms with Gasteiger partial charge >= 0.3 is 0 Å². The van der Waals surface area contributed by atoms with Crippen LogP contribution in [0, 0.1) is 0 Å². The van der Waals surface area contributed by atoms with Crippen molar-refractivity contribution in [2.75, 3.05) is 6.26 Å². The third-order valence-corrected chi connectivity index (χ3v) is 5.24. The van der Waals surface area contributed by atoms with Crippen molar-refractivity contribution in [3.63, 3.8) is 0 Å². The van der Waals surface area contributed by atoms with Crippen molar-refractivity contribution in [1.82, 2.24) is 15.5 Å². The van der Waals surface area contributed by atoms with Crippen molar-refractivity contribution in [1.29, 1.82) is 0 Å². The molecule has 0 unspecified atom stereocenters. The molecule has 0 aliphatic carbocycles. The van der Waals surface area contributed by atoms with E-state index in [1.807, 2.05) is 19.1 Å². The Morgan fingerprint density at radius 2 is 1.85 bits per heavy atom. The highest BCUT2D eigenvalue weighted by Crippen LogP contribution is 2.20. The summed E-state index contributed by atoms with van der Waals surface area (Å²) >= 11 is 0. The van der Waals surface area contributed by atoms with Crippen LogP contribution in [0.1, 0.15) is 28.9 Å². The molecule has 3 rings (SSSR count). The smallest absolute Gasteiger partial charge is 0.251 e. The summed E-state index contributed by atoms with van der Waals surface area (Å²) < 4.78 is 23.1. The minimum Gasteiger partial charge on any atom is -0.346 e. The van der Waals surface area contributed by atoms with E-state index in [4.69, 9.17) is 0 Å². The van der Waals surface area contributed by atoms with E-state index in [-0.39, 0.29) is 16.8 Å². The third kappa shape index (κ3) is 4.00. The van der Waals surface area contributed by atoms with Crippen LogP contribution in [0.5, 0.6) is 0 Å². The molecule has 2 aromatic carbocycles. The Morgan fingerprint density at radius 1 is 1.12 bits per heavy atom. The molecule has 0 spiro atoms. The van der Waals surface area contributed by atoms with Gasteiger partial charge < -0.3 is 5.32 Å². The van der Waals surface area contributed by atoms with Gasteiger partial charge in [0.2, 0.25) is 0 Å². The van der Waals surface area contributed by atoms with Crippen LogP contribution in [-0.2, 0) is 9.84 Å². The maximum absolute atomic E-state index is 12.5. The molecule has 0 fully saturated rings. The largest absolute Gasteiger partial charge is 0.346 e. The molecule has 0 aliphatic rings. The number of carbonyl (C=O) groups excluding carboxylic acids is 1. The Balaban J connectivity index is 1.74.